The normalized spacial score (nSPS) is 17.6. The van der Waals surface area contributed by atoms with Crippen LogP contribution in [-0.2, 0) is 13.0 Å². The third-order valence-electron chi connectivity index (χ3n) is 5.86. The number of amides is 1. The van der Waals surface area contributed by atoms with Gasteiger partial charge >= 0.3 is 0 Å². The van der Waals surface area contributed by atoms with Crippen molar-refractivity contribution in [2.24, 2.45) is 11.7 Å². The maximum atomic E-state index is 13.0. The number of aliphatic hydroxyl groups excluding tert-OH is 1. The minimum Gasteiger partial charge on any atom is -0.391 e. The van der Waals surface area contributed by atoms with Crippen LogP contribution < -0.4 is 5.73 Å². The SMILES string of the molecule is CC.CC.Cc1c(Cl)ccn2cc(C(=O)N3CCC(Cc4ccccc4CN)C(O)C3)nc12. The van der Waals surface area contributed by atoms with E-state index in [-0.39, 0.29) is 11.8 Å². The summed E-state index contributed by atoms with van der Waals surface area (Å²) in [5.41, 5.74) is 10.0. The van der Waals surface area contributed by atoms with Crippen molar-refractivity contribution in [1.82, 2.24) is 14.3 Å². The summed E-state index contributed by atoms with van der Waals surface area (Å²) in [6, 6.07) is 9.85. The highest BCUT2D eigenvalue weighted by atomic mass is 35.5. The molecule has 3 heterocycles. The number of likely N-dealkylation sites (tertiary alicyclic amines) is 1. The first-order chi connectivity index (χ1) is 16.0. The van der Waals surface area contributed by atoms with E-state index in [1.54, 1.807) is 27.8 Å². The fraction of sp³-hybridized carbons (Fsp3) is 0.462. The molecule has 1 aromatic carbocycles. The predicted octanol–water partition coefficient (Wildman–Crippen LogP) is 4.87. The van der Waals surface area contributed by atoms with E-state index < -0.39 is 6.10 Å². The smallest absolute Gasteiger partial charge is 0.274 e. The molecule has 0 spiro atoms. The molecule has 2 atom stereocenters. The minimum atomic E-state index is -0.577. The molecule has 1 saturated heterocycles. The topological polar surface area (TPSA) is 83.9 Å². The molecule has 3 N–H and O–H groups in total. The van der Waals surface area contributed by atoms with Crippen LogP contribution in [0, 0.1) is 12.8 Å². The number of aryl methyl sites for hydroxylation is 1. The van der Waals surface area contributed by atoms with Crippen LogP contribution >= 0.6 is 11.6 Å². The number of halogens is 1. The zero-order chi connectivity index (χ0) is 24.5. The summed E-state index contributed by atoms with van der Waals surface area (Å²) in [5, 5.41) is 11.3. The van der Waals surface area contributed by atoms with Crippen molar-refractivity contribution < 1.29 is 9.90 Å². The van der Waals surface area contributed by atoms with Gasteiger partial charge in [-0.15, -0.1) is 0 Å². The number of nitrogens with zero attached hydrogens (tertiary/aromatic N) is 3. The predicted molar refractivity (Wildman–Crippen MR) is 136 cm³/mol. The molecular formula is C26H37ClN4O2. The Kier molecular flexibility index (Phi) is 10.4. The van der Waals surface area contributed by atoms with Crippen LogP contribution in [0.25, 0.3) is 5.65 Å². The quantitative estimate of drug-likeness (QED) is 0.567. The lowest BCUT2D eigenvalue weighted by molar-refractivity contribution is 0.0194. The number of hydrogen-bond acceptors (Lipinski definition) is 4. The molecule has 2 aromatic heterocycles. The lowest BCUT2D eigenvalue weighted by Crippen LogP contribution is -2.47. The molecule has 2 unspecified atom stereocenters. The number of benzene rings is 1. The van der Waals surface area contributed by atoms with Crippen molar-refractivity contribution in [3.8, 4) is 0 Å². The molecule has 0 radical (unpaired) electrons. The van der Waals surface area contributed by atoms with Crippen LogP contribution in [-0.4, -0.2) is 44.5 Å². The van der Waals surface area contributed by atoms with Gasteiger partial charge in [0.25, 0.3) is 5.91 Å². The first-order valence-corrected chi connectivity index (χ1v) is 12.2. The van der Waals surface area contributed by atoms with Crippen molar-refractivity contribution >= 4 is 23.2 Å². The molecular weight excluding hydrogens is 436 g/mol. The van der Waals surface area contributed by atoms with Crippen molar-refractivity contribution in [3.05, 3.63) is 70.1 Å². The van der Waals surface area contributed by atoms with Crippen LogP contribution in [0.3, 0.4) is 0 Å². The first-order valence-electron chi connectivity index (χ1n) is 11.9. The van der Waals surface area contributed by atoms with Gasteiger partial charge in [0.05, 0.1) is 6.10 Å². The number of β-amino-alcohol motifs (C(OH)–C–C–N with tert-alkyl or cyclic N) is 1. The van der Waals surface area contributed by atoms with Gasteiger partial charge < -0.3 is 20.1 Å². The zero-order valence-electron chi connectivity index (χ0n) is 20.4. The number of aliphatic hydroxyl groups is 1. The molecule has 1 amide bonds. The van der Waals surface area contributed by atoms with E-state index in [9.17, 15) is 9.90 Å². The number of aromatic nitrogens is 2. The summed E-state index contributed by atoms with van der Waals surface area (Å²) in [4.78, 5) is 19.1. The second kappa shape index (κ2) is 12.7. The summed E-state index contributed by atoms with van der Waals surface area (Å²) >= 11 is 6.16. The van der Waals surface area contributed by atoms with Crippen molar-refractivity contribution in [2.45, 2.75) is 60.1 Å². The van der Waals surface area contributed by atoms with Crippen molar-refractivity contribution in [2.75, 3.05) is 13.1 Å². The molecule has 0 aliphatic carbocycles. The number of carbonyl (C=O) groups is 1. The maximum Gasteiger partial charge on any atom is 0.274 e. The molecule has 1 fully saturated rings. The highest BCUT2D eigenvalue weighted by Gasteiger charge is 2.32. The van der Waals surface area contributed by atoms with Gasteiger partial charge in [0, 0.05) is 42.6 Å². The second-order valence-electron chi connectivity index (χ2n) is 7.69. The largest absolute Gasteiger partial charge is 0.391 e. The fourth-order valence-electron chi connectivity index (χ4n) is 4.07. The van der Waals surface area contributed by atoms with Gasteiger partial charge in [0.2, 0.25) is 0 Å². The Morgan fingerprint density at radius 2 is 1.85 bits per heavy atom. The van der Waals surface area contributed by atoms with E-state index in [4.69, 9.17) is 17.3 Å². The summed E-state index contributed by atoms with van der Waals surface area (Å²) in [7, 11) is 0. The number of pyridine rings is 1. The van der Waals surface area contributed by atoms with Gasteiger partial charge in [-0.05, 0) is 42.9 Å². The third-order valence-corrected chi connectivity index (χ3v) is 6.27. The van der Waals surface area contributed by atoms with Crippen LogP contribution in [0.4, 0.5) is 0 Å². The van der Waals surface area contributed by atoms with E-state index >= 15 is 0 Å². The Morgan fingerprint density at radius 3 is 2.48 bits per heavy atom. The minimum absolute atomic E-state index is 0.105. The van der Waals surface area contributed by atoms with Gasteiger partial charge in [-0.2, -0.15) is 0 Å². The fourth-order valence-corrected chi connectivity index (χ4v) is 4.21. The van der Waals surface area contributed by atoms with E-state index in [1.807, 2.05) is 52.8 Å². The second-order valence-corrected chi connectivity index (χ2v) is 8.10. The molecule has 7 heteroatoms. The lowest BCUT2D eigenvalue weighted by atomic mass is 9.86. The van der Waals surface area contributed by atoms with Gasteiger partial charge in [-0.3, -0.25) is 4.79 Å². The van der Waals surface area contributed by atoms with E-state index in [2.05, 4.69) is 11.1 Å². The van der Waals surface area contributed by atoms with E-state index in [1.165, 1.54) is 5.56 Å². The molecule has 1 aliphatic heterocycles. The Balaban J connectivity index is 0.000000914. The number of piperidine rings is 1. The Hall–Kier alpha value is -2.41. The summed E-state index contributed by atoms with van der Waals surface area (Å²) < 4.78 is 1.81. The molecule has 180 valence electrons. The van der Waals surface area contributed by atoms with Gasteiger partial charge in [0.1, 0.15) is 11.3 Å². The average Bonchev–Trinajstić information content (AvgIpc) is 3.30. The number of imidazole rings is 1. The van der Waals surface area contributed by atoms with Crippen LogP contribution in [0.5, 0.6) is 0 Å². The zero-order valence-corrected chi connectivity index (χ0v) is 21.1. The summed E-state index contributed by atoms with van der Waals surface area (Å²) in [5.74, 6) is -0.0575. The molecule has 1 aliphatic rings. The van der Waals surface area contributed by atoms with Crippen LogP contribution in [0.15, 0.2) is 42.7 Å². The molecule has 6 nitrogen and oxygen atoms in total. The summed E-state index contributed by atoms with van der Waals surface area (Å²) in [6.45, 7) is 11.3. The van der Waals surface area contributed by atoms with Crippen molar-refractivity contribution in [1.29, 1.82) is 0 Å². The number of rotatable bonds is 4. The number of carbonyl (C=O) groups excluding carboxylic acids is 1. The first kappa shape index (κ1) is 26.8. The van der Waals surface area contributed by atoms with Crippen LogP contribution in [0.2, 0.25) is 5.02 Å². The van der Waals surface area contributed by atoms with E-state index in [0.29, 0.717) is 36.0 Å². The molecule has 0 saturated carbocycles. The average molecular weight is 473 g/mol. The highest BCUT2D eigenvalue weighted by Crippen LogP contribution is 2.25. The number of hydrogen-bond donors (Lipinski definition) is 2. The maximum absolute atomic E-state index is 13.0. The van der Waals surface area contributed by atoms with Crippen molar-refractivity contribution in [3.63, 3.8) is 0 Å². The van der Waals surface area contributed by atoms with Gasteiger partial charge in [0.15, 0.2) is 0 Å². The molecule has 0 bridgehead atoms. The van der Waals surface area contributed by atoms with E-state index in [0.717, 1.165) is 24.0 Å². The number of nitrogens with two attached hydrogens (primary N) is 1. The monoisotopic (exact) mass is 472 g/mol. The van der Waals surface area contributed by atoms with Crippen LogP contribution in [0.1, 0.15) is 61.3 Å². The Bertz CT molecular complexity index is 1050. The molecule has 3 aromatic rings. The summed E-state index contributed by atoms with van der Waals surface area (Å²) in [6.07, 6.45) is 4.44. The van der Waals surface area contributed by atoms with Gasteiger partial charge in [-0.25, -0.2) is 4.98 Å². The standard InChI is InChI=1S/C22H25ClN4O2.2C2H6/c1-14-18(23)7-9-26-12-19(25-21(14)26)22(29)27-8-6-16(20(28)13-27)10-15-4-2-3-5-17(15)11-24;2*1-2/h2-5,7,9,12,16,20,28H,6,8,10-11,13,24H2,1H3;2*1-2H3. The molecule has 4 rings (SSSR count). The third kappa shape index (κ3) is 6.14. The lowest BCUT2D eigenvalue weighted by Gasteiger charge is -2.36. The van der Waals surface area contributed by atoms with Gasteiger partial charge in [-0.1, -0.05) is 63.6 Å². The number of fused-ring (bicyclic) bond motifs is 1. The Morgan fingerprint density at radius 1 is 1.18 bits per heavy atom. The molecule has 33 heavy (non-hydrogen) atoms. The highest BCUT2D eigenvalue weighted by molar-refractivity contribution is 6.31. The Labute approximate surface area is 202 Å².